The van der Waals surface area contributed by atoms with Gasteiger partial charge in [0.2, 0.25) is 0 Å². The normalized spacial score (nSPS) is 24.4. The third-order valence-corrected chi connectivity index (χ3v) is 10.2. The Morgan fingerprint density at radius 2 is 1.58 bits per heavy atom. The third kappa shape index (κ3) is 5.43. The van der Waals surface area contributed by atoms with Gasteiger partial charge in [-0.1, -0.05) is 90.6 Å². The monoisotopic (exact) mass is 625 g/mol. The molecule has 0 spiro atoms. The lowest BCUT2D eigenvalue weighted by atomic mass is 9.90. The van der Waals surface area contributed by atoms with Crippen LogP contribution in [0.5, 0.6) is 0 Å². The zero-order chi connectivity index (χ0) is 32.2. The van der Waals surface area contributed by atoms with E-state index in [0.29, 0.717) is 11.8 Å². The highest BCUT2D eigenvalue weighted by Crippen LogP contribution is 2.49. The zero-order valence-corrected chi connectivity index (χ0v) is 27.4. The Hall–Kier alpha value is -5.29. The number of nitrogens with zero attached hydrogens (tertiary/aromatic N) is 3. The fraction of sp³-hybridized carbons (Fsp3) is 0.233. The molecule has 1 fully saturated rings. The smallest absolute Gasteiger partial charge is 0.148 e. The van der Waals surface area contributed by atoms with Gasteiger partial charge in [-0.15, -0.1) is 0 Å². The van der Waals surface area contributed by atoms with Gasteiger partial charge in [0.25, 0.3) is 0 Å². The summed E-state index contributed by atoms with van der Waals surface area (Å²) in [6.45, 7) is 4.21. The van der Waals surface area contributed by atoms with E-state index in [9.17, 15) is 0 Å². The van der Waals surface area contributed by atoms with E-state index in [1.807, 2.05) is 0 Å². The molecule has 48 heavy (non-hydrogen) atoms. The van der Waals surface area contributed by atoms with Crippen LogP contribution in [-0.4, -0.2) is 29.7 Å². The molecule has 3 aliphatic carbocycles. The molecule has 236 valence electrons. The van der Waals surface area contributed by atoms with Crippen LogP contribution in [0, 0.1) is 11.8 Å². The van der Waals surface area contributed by atoms with Crippen LogP contribution in [0.2, 0.25) is 0 Å². The van der Waals surface area contributed by atoms with Gasteiger partial charge in [-0.2, -0.15) is 0 Å². The van der Waals surface area contributed by atoms with Gasteiger partial charge < -0.3 is 10.6 Å². The van der Waals surface area contributed by atoms with Gasteiger partial charge in [-0.05, 0) is 114 Å². The predicted octanol–water partition coefficient (Wildman–Crippen LogP) is 9.18. The van der Waals surface area contributed by atoms with Crippen LogP contribution in [0.1, 0.15) is 50.7 Å². The van der Waals surface area contributed by atoms with Crippen molar-refractivity contribution >= 4 is 38.9 Å². The Balaban J connectivity index is 1.21. The molecule has 5 nitrogen and oxygen atoms in total. The van der Waals surface area contributed by atoms with Gasteiger partial charge in [-0.25, -0.2) is 9.98 Å². The summed E-state index contributed by atoms with van der Waals surface area (Å²) < 4.78 is 0. The van der Waals surface area contributed by atoms with E-state index in [-0.39, 0.29) is 12.3 Å². The topological polar surface area (TPSA) is 61.1 Å². The number of aliphatic imine (C=N–C) groups is 3. The molecule has 5 heteroatoms. The summed E-state index contributed by atoms with van der Waals surface area (Å²) in [5, 5.41) is 12.2. The summed E-state index contributed by atoms with van der Waals surface area (Å²) in [6, 6.07) is 26.7. The first-order chi connectivity index (χ1) is 23.6. The molecule has 5 aliphatic rings. The van der Waals surface area contributed by atoms with Crippen molar-refractivity contribution in [1.29, 1.82) is 0 Å². The Bertz CT molecular complexity index is 2240. The van der Waals surface area contributed by atoms with Gasteiger partial charge in [-0.3, -0.25) is 4.99 Å². The lowest BCUT2D eigenvalue weighted by Crippen LogP contribution is -2.38. The molecule has 0 amide bonds. The number of hydrogen-bond donors (Lipinski definition) is 2. The molecule has 1 saturated carbocycles. The summed E-state index contributed by atoms with van der Waals surface area (Å²) in [4.78, 5) is 15.6. The number of nitrogens with one attached hydrogen (secondary N) is 2. The first-order valence-electron chi connectivity index (χ1n) is 17.3. The molecule has 2 aliphatic heterocycles. The minimum atomic E-state index is -0.172. The van der Waals surface area contributed by atoms with E-state index >= 15 is 0 Å². The van der Waals surface area contributed by atoms with E-state index in [1.165, 1.54) is 44.7 Å². The van der Waals surface area contributed by atoms with Crippen LogP contribution in [0.4, 0.5) is 0 Å². The lowest BCUT2D eigenvalue weighted by Gasteiger charge is -2.26. The fourth-order valence-corrected chi connectivity index (χ4v) is 7.81. The van der Waals surface area contributed by atoms with Crippen molar-refractivity contribution in [2.45, 2.75) is 51.9 Å². The molecule has 4 aromatic rings. The van der Waals surface area contributed by atoms with Gasteiger partial charge in [0.1, 0.15) is 24.0 Å². The van der Waals surface area contributed by atoms with Crippen molar-refractivity contribution in [2.75, 3.05) is 0 Å². The Morgan fingerprint density at radius 1 is 0.792 bits per heavy atom. The van der Waals surface area contributed by atoms with Gasteiger partial charge in [0.15, 0.2) is 0 Å². The summed E-state index contributed by atoms with van der Waals surface area (Å²) >= 11 is 0. The SMILES string of the molecule is CC1=CC(c2cc(C3=NC(CC4=CC=CC5CC45)N=C(C4=CC=CCC4)N3)cc(-c3cc4ccccc4c4ccccc34)c2)=NC(C)N1. The predicted molar refractivity (Wildman–Crippen MR) is 201 cm³/mol. The lowest BCUT2D eigenvalue weighted by molar-refractivity contribution is 0.636. The molecule has 0 bridgehead atoms. The first-order valence-corrected chi connectivity index (χ1v) is 17.3. The van der Waals surface area contributed by atoms with Crippen molar-refractivity contribution in [1.82, 2.24) is 10.6 Å². The van der Waals surface area contributed by atoms with Crippen LogP contribution < -0.4 is 10.6 Å². The summed E-state index contributed by atoms with van der Waals surface area (Å²) in [7, 11) is 0. The van der Waals surface area contributed by atoms with Crippen LogP contribution in [-0.2, 0) is 0 Å². The minimum absolute atomic E-state index is 0.00206. The molecule has 0 aromatic heterocycles. The Morgan fingerprint density at radius 3 is 2.44 bits per heavy atom. The van der Waals surface area contributed by atoms with E-state index < -0.39 is 0 Å². The average molecular weight is 626 g/mol. The van der Waals surface area contributed by atoms with Crippen molar-refractivity contribution in [3.05, 3.63) is 143 Å². The molecule has 4 unspecified atom stereocenters. The van der Waals surface area contributed by atoms with Crippen LogP contribution >= 0.6 is 0 Å². The minimum Gasteiger partial charge on any atom is -0.368 e. The number of benzene rings is 4. The zero-order valence-electron chi connectivity index (χ0n) is 27.4. The average Bonchev–Trinajstić information content (AvgIpc) is 3.92. The van der Waals surface area contributed by atoms with Crippen LogP contribution in [0.3, 0.4) is 0 Å². The molecule has 9 rings (SSSR count). The summed E-state index contributed by atoms with van der Waals surface area (Å²) in [5.74, 6) is 3.17. The summed E-state index contributed by atoms with van der Waals surface area (Å²) in [6.07, 6.45) is 19.6. The number of rotatable bonds is 6. The number of hydrogen-bond acceptors (Lipinski definition) is 5. The molecular formula is C43H39N5. The van der Waals surface area contributed by atoms with Crippen molar-refractivity contribution in [3.63, 3.8) is 0 Å². The molecule has 4 aromatic carbocycles. The second kappa shape index (κ2) is 11.7. The molecule has 4 atom stereocenters. The molecular weight excluding hydrogens is 587 g/mol. The Labute approximate surface area is 282 Å². The van der Waals surface area contributed by atoms with Gasteiger partial charge in [0, 0.05) is 23.2 Å². The fourth-order valence-electron chi connectivity index (χ4n) is 7.81. The van der Waals surface area contributed by atoms with Crippen molar-refractivity contribution < 1.29 is 0 Å². The molecule has 2 heterocycles. The van der Waals surface area contributed by atoms with Crippen LogP contribution in [0.25, 0.3) is 32.7 Å². The van der Waals surface area contributed by atoms with E-state index in [1.54, 1.807) is 0 Å². The molecule has 0 saturated heterocycles. The summed E-state index contributed by atoms with van der Waals surface area (Å²) in [5.41, 5.74) is 9.30. The van der Waals surface area contributed by atoms with Crippen molar-refractivity contribution in [3.8, 4) is 11.1 Å². The maximum absolute atomic E-state index is 5.35. The number of amidine groups is 2. The number of allylic oxidation sites excluding steroid dienone is 8. The maximum Gasteiger partial charge on any atom is 0.148 e. The van der Waals surface area contributed by atoms with Gasteiger partial charge >= 0.3 is 0 Å². The van der Waals surface area contributed by atoms with Crippen LogP contribution in [0.15, 0.2) is 147 Å². The highest BCUT2D eigenvalue weighted by molar-refractivity contribution is 6.19. The standard InChI is InChI=1S/C43H39N5/c1-26-19-40(45-27(2)44-26)33-20-32(39-24-29-13-6-7-16-35(29)36-17-8-9-18-37(36)39)21-34(22-33)43-47-41(25-31-15-10-14-30-23-38(30)31)46-42(48-43)28-11-4-3-5-12-28/h3-4,6-11,13-22,24,27,30,38,41,44H,5,12,23,25H2,1-2H3,(H,46,47,48). The third-order valence-electron chi connectivity index (χ3n) is 10.2. The second-order valence-electron chi connectivity index (χ2n) is 13.7. The largest absolute Gasteiger partial charge is 0.368 e. The maximum atomic E-state index is 5.35. The van der Waals surface area contributed by atoms with E-state index in [4.69, 9.17) is 15.0 Å². The number of fused-ring (bicyclic) bond motifs is 4. The molecule has 0 radical (unpaired) electrons. The highest BCUT2D eigenvalue weighted by atomic mass is 15.2. The van der Waals surface area contributed by atoms with E-state index in [0.717, 1.165) is 59.0 Å². The molecule has 2 N–H and O–H groups in total. The quantitative estimate of drug-likeness (QED) is 0.210. The first kappa shape index (κ1) is 28.9. The van der Waals surface area contributed by atoms with Gasteiger partial charge in [0.05, 0.1) is 5.71 Å². The van der Waals surface area contributed by atoms with E-state index in [2.05, 4.69) is 140 Å². The highest BCUT2D eigenvalue weighted by Gasteiger charge is 2.39. The second-order valence-corrected chi connectivity index (χ2v) is 13.7. The Kier molecular flexibility index (Phi) is 7.07. The van der Waals surface area contributed by atoms with Crippen molar-refractivity contribution in [2.24, 2.45) is 26.8 Å².